The van der Waals surface area contributed by atoms with Gasteiger partial charge in [-0.3, -0.25) is 4.79 Å². The number of carbonyl (C=O) groups is 1. The van der Waals surface area contributed by atoms with Crippen molar-refractivity contribution < 1.29 is 4.79 Å². The standard InChI is InChI=1S/C24H31N5O/c1-17-8-6-7-11-20(17)21-15-22(29-24(28-21)18(2)16-27-29)25-12-13-26-23(30)14-19-9-4-3-5-10-19/h6-8,11,15-16,19,25H,3-5,9-10,12-14H2,1-2H3,(H,26,30). The molecule has 0 saturated heterocycles. The Kier molecular flexibility index (Phi) is 6.31. The molecule has 0 bridgehead atoms. The highest BCUT2D eigenvalue weighted by molar-refractivity contribution is 5.76. The van der Waals surface area contributed by atoms with Crippen LogP contribution in [0.5, 0.6) is 0 Å². The fourth-order valence-electron chi connectivity index (χ4n) is 4.31. The van der Waals surface area contributed by atoms with E-state index in [1.165, 1.54) is 37.7 Å². The second-order valence-corrected chi connectivity index (χ2v) is 8.39. The van der Waals surface area contributed by atoms with Crippen LogP contribution in [0.25, 0.3) is 16.9 Å². The van der Waals surface area contributed by atoms with Crippen LogP contribution in [0, 0.1) is 19.8 Å². The Bertz CT molecular complexity index is 1020. The minimum Gasteiger partial charge on any atom is -0.368 e. The summed E-state index contributed by atoms with van der Waals surface area (Å²) >= 11 is 0. The normalized spacial score (nSPS) is 14.7. The van der Waals surface area contributed by atoms with E-state index in [0.29, 0.717) is 25.4 Å². The van der Waals surface area contributed by atoms with Gasteiger partial charge in [0.1, 0.15) is 5.82 Å². The molecule has 4 rings (SSSR count). The summed E-state index contributed by atoms with van der Waals surface area (Å²) in [5.41, 5.74) is 5.11. The van der Waals surface area contributed by atoms with Crippen LogP contribution in [0.2, 0.25) is 0 Å². The van der Waals surface area contributed by atoms with Gasteiger partial charge in [0.15, 0.2) is 5.65 Å². The number of rotatable bonds is 7. The first-order valence-electron chi connectivity index (χ1n) is 11.0. The molecule has 1 aliphatic carbocycles. The number of benzene rings is 1. The van der Waals surface area contributed by atoms with Crippen molar-refractivity contribution in [3.8, 4) is 11.3 Å². The molecule has 2 heterocycles. The SMILES string of the molecule is Cc1ccccc1-c1cc(NCCNC(=O)CC2CCCCC2)n2ncc(C)c2n1. The third kappa shape index (κ3) is 4.64. The molecule has 2 N–H and O–H groups in total. The van der Waals surface area contributed by atoms with Gasteiger partial charge < -0.3 is 10.6 Å². The molecule has 0 atom stereocenters. The Hall–Kier alpha value is -2.89. The molecule has 0 unspecified atom stereocenters. The Labute approximate surface area is 178 Å². The van der Waals surface area contributed by atoms with E-state index in [1.54, 1.807) is 0 Å². The highest BCUT2D eigenvalue weighted by Crippen LogP contribution is 2.27. The highest BCUT2D eigenvalue weighted by atomic mass is 16.1. The molecule has 6 heteroatoms. The second kappa shape index (κ2) is 9.28. The van der Waals surface area contributed by atoms with Crippen LogP contribution in [-0.4, -0.2) is 33.6 Å². The van der Waals surface area contributed by atoms with Gasteiger partial charge in [-0.15, -0.1) is 0 Å². The summed E-state index contributed by atoms with van der Waals surface area (Å²) in [7, 11) is 0. The van der Waals surface area contributed by atoms with E-state index >= 15 is 0 Å². The third-order valence-electron chi connectivity index (χ3n) is 6.02. The van der Waals surface area contributed by atoms with Crippen molar-refractivity contribution in [3.63, 3.8) is 0 Å². The molecular weight excluding hydrogens is 374 g/mol. The summed E-state index contributed by atoms with van der Waals surface area (Å²) in [6.07, 6.45) is 8.74. The molecule has 0 aliphatic heterocycles. The maximum atomic E-state index is 12.2. The predicted octanol–water partition coefficient (Wildman–Crippen LogP) is 4.51. The molecule has 1 amide bonds. The molecular formula is C24H31N5O. The lowest BCUT2D eigenvalue weighted by Gasteiger charge is -2.20. The summed E-state index contributed by atoms with van der Waals surface area (Å²) in [5.74, 6) is 1.61. The van der Waals surface area contributed by atoms with Crippen LogP contribution in [-0.2, 0) is 4.79 Å². The van der Waals surface area contributed by atoms with Crippen molar-refractivity contribution in [1.82, 2.24) is 19.9 Å². The van der Waals surface area contributed by atoms with Gasteiger partial charge in [-0.05, 0) is 38.2 Å². The lowest BCUT2D eigenvalue weighted by molar-refractivity contribution is -0.122. The first-order valence-corrected chi connectivity index (χ1v) is 11.0. The van der Waals surface area contributed by atoms with Crippen LogP contribution in [0.15, 0.2) is 36.5 Å². The van der Waals surface area contributed by atoms with Gasteiger partial charge >= 0.3 is 0 Å². The van der Waals surface area contributed by atoms with Gasteiger partial charge in [0.25, 0.3) is 0 Å². The topological polar surface area (TPSA) is 71.3 Å². The molecule has 1 aromatic carbocycles. The van der Waals surface area contributed by atoms with Crippen molar-refractivity contribution in [1.29, 1.82) is 0 Å². The Balaban J connectivity index is 1.42. The quantitative estimate of drug-likeness (QED) is 0.567. The third-order valence-corrected chi connectivity index (χ3v) is 6.02. The van der Waals surface area contributed by atoms with Crippen LogP contribution < -0.4 is 10.6 Å². The van der Waals surface area contributed by atoms with Gasteiger partial charge in [0.2, 0.25) is 5.91 Å². The average molecular weight is 406 g/mol. The highest BCUT2D eigenvalue weighted by Gasteiger charge is 2.17. The number of aryl methyl sites for hydroxylation is 2. The molecule has 0 radical (unpaired) electrons. The van der Waals surface area contributed by atoms with E-state index in [4.69, 9.17) is 4.98 Å². The molecule has 2 aromatic heterocycles. The van der Waals surface area contributed by atoms with Crippen LogP contribution in [0.3, 0.4) is 0 Å². The molecule has 30 heavy (non-hydrogen) atoms. The summed E-state index contributed by atoms with van der Waals surface area (Å²) in [6, 6.07) is 10.3. The van der Waals surface area contributed by atoms with Crippen molar-refractivity contribution in [2.75, 3.05) is 18.4 Å². The molecule has 1 saturated carbocycles. The largest absolute Gasteiger partial charge is 0.368 e. The molecule has 3 aromatic rings. The Morgan fingerprint density at radius 1 is 1.10 bits per heavy atom. The molecule has 6 nitrogen and oxygen atoms in total. The van der Waals surface area contributed by atoms with E-state index in [1.807, 2.05) is 35.8 Å². The molecule has 1 fully saturated rings. The zero-order valence-electron chi connectivity index (χ0n) is 17.9. The maximum absolute atomic E-state index is 12.2. The smallest absolute Gasteiger partial charge is 0.220 e. The van der Waals surface area contributed by atoms with Gasteiger partial charge in [0.05, 0.1) is 11.9 Å². The van der Waals surface area contributed by atoms with E-state index in [9.17, 15) is 4.79 Å². The number of fused-ring (bicyclic) bond motifs is 1. The lowest BCUT2D eigenvalue weighted by atomic mass is 9.87. The van der Waals surface area contributed by atoms with Crippen molar-refractivity contribution >= 4 is 17.4 Å². The minimum atomic E-state index is 0.166. The molecule has 158 valence electrons. The first kappa shape index (κ1) is 20.4. The van der Waals surface area contributed by atoms with Crippen molar-refractivity contribution in [2.45, 2.75) is 52.4 Å². The fraction of sp³-hybridized carbons (Fsp3) is 0.458. The van der Waals surface area contributed by atoms with Crippen molar-refractivity contribution in [3.05, 3.63) is 47.7 Å². The fourth-order valence-corrected chi connectivity index (χ4v) is 4.31. The average Bonchev–Trinajstić information content (AvgIpc) is 3.13. The number of hydrogen-bond donors (Lipinski definition) is 2. The number of amides is 1. The Morgan fingerprint density at radius 3 is 2.70 bits per heavy atom. The van der Waals surface area contributed by atoms with Gasteiger partial charge in [0, 0.05) is 36.7 Å². The summed E-state index contributed by atoms with van der Waals surface area (Å²) in [6.45, 7) is 5.35. The number of nitrogens with one attached hydrogen (secondary N) is 2. The van der Waals surface area contributed by atoms with E-state index in [0.717, 1.165) is 28.3 Å². The number of aromatic nitrogens is 3. The molecule has 0 spiro atoms. The number of nitrogens with zero attached hydrogens (tertiary/aromatic N) is 3. The number of hydrogen-bond acceptors (Lipinski definition) is 4. The van der Waals surface area contributed by atoms with E-state index in [-0.39, 0.29) is 5.91 Å². The zero-order chi connectivity index (χ0) is 20.9. The number of carbonyl (C=O) groups excluding carboxylic acids is 1. The van der Waals surface area contributed by atoms with Crippen LogP contribution >= 0.6 is 0 Å². The number of anilines is 1. The van der Waals surface area contributed by atoms with Crippen LogP contribution in [0.1, 0.15) is 49.7 Å². The lowest BCUT2D eigenvalue weighted by Crippen LogP contribution is -2.30. The maximum Gasteiger partial charge on any atom is 0.220 e. The Morgan fingerprint density at radius 2 is 1.90 bits per heavy atom. The second-order valence-electron chi connectivity index (χ2n) is 8.39. The summed E-state index contributed by atoms with van der Waals surface area (Å²) in [5, 5.41) is 11.0. The zero-order valence-corrected chi connectivity index (χ0v) is 17.9. The van der Waals surface area contributed by atoms with Crippen LogP contribution in [0.4, 0.5) is 5.82 Å². The summed E-state index contributed by atoms with van der Waals surface area (Å²) < 4.78 is 1.83. The summed E-state index contributed by atoms with van der Waals surface area (Å²) in [4.78, 5) is 17.1. The van der Waals surface area contributed by atoms with Crippen molar-refractivity contribution in [2.24, 2.45) is 5.92 Å². The monoisotopic (exact) mass is 405 g/mol. The van der Waals surface area contributed by atoms with Gasteiger partial charge in [-0.1, -0.05) is 43.5 Å². The minimum absolute atomic E-state index is 0.166. The molecule has 1 aliphatic rings. The van der Waals surface area contributed by atoms with E-state index < -0.39 is 0 Å². The van der Waals surface area contributed by atoms with Gasteiger partial charge in [-0.2, -0.15) is 9.61 Å². The van der Waals surface area contributed by atoms with Gasteiger partial charge in [-0.25, -0.2) is 4.98 Å². The first-order chi connectivity index (χ1) is 14.6. The predicted molar refractivity (Wildman–Crippen MR) is 121 cm³/mol. The van der Waals surface area contributed by atoms with E-state index in [2.05, 4.69) is 34.8 Å².